The van der Waals surface area contributed by atoms with Crippen LogP contribution in [0.15, 0.2) is 66.7 Å². The van der Waals surface area contributed by atoms with Crippen LogP contribution in [0, 0.1) is 11.6 Å². The van der Waals surface area contributed by atoms with Crippen LogP contribution in [0.25, 0.3) is 0 Å². The van der Waals surface area contributed by atoms with E-state index in [0.29, 0.717) is 5.69 Å². The summed E-state index contributed by atoms with van der Waals surface area (Å²) < 4.78 is 48.7. The minimum absolute atomic E-state index is 0.00986. The number of urea groups is 1. The van der Waals surface area contributed by atoms with Gasteiger partial charge in [-0.1, -0.05) is 43.3 Å². The summed E-state index contributed by atoms with van der Waals surface area (Å²) in [5.74, 6) is -1.23. The summed E-state index contributed by atoms with van der Waals surface area (Å²) in [7, 11) is -2.85. The van der Waals surface area contributed by atoms with E-state index in [-0.39, 0.29) is 30.0 Å². The lowest BCUT2D eigenvalue weighted by molar-refractivity contribution is 0.125. The summed E-state index contributed by atoms with van der Waals surface area (Å²) in [4.78, 5) is 12.7. The van der Waals surface area contributed by atoms with Gasteiger partial charge in [0.05, 0.1) is 29.7 Å². The standard InChI is InChI=1S/C28H33F2N3O4S/c1-2-18-8-9-20-16-38(36,37)17-26(24(20)12-18)31-15-27(34)25(13-19-10-21(29)14-22(30)11-19)33-28(35)32-23-6-4-3-5-7-23/h3-12,14,25-27,31,34,36-37H,2,13,15-17H2,1H3,(H2,32,33,35)/t25-,26-,27+/m0/s1. The SMILES string of the molecule is CCc1ccc2c(c1)[C@@H](NC[C@@H](O)[C@H](Cc1cc(F)cc(F)c1)NC(=O)Nc1ccccc1)CS(O)(O)C2. The fourth-order valence-corrected chi connectivity index (χ4v) is 6.39. The molecule has 7 nitrogen and oxygen atoms in total. The summed E-state index contributed by atoms with van der Waals surface area (Å²) in [5, 5.41) is 19.8. The van der Waals surface area contributed by atoms with Crippen molar-refractivity contribution in [3.8, 4) is 0 Å². The largest absolute Gasteiger partial charge is 0.390 e. The Hall–Kier alpha value is -3.02. The van der Waals surface area contributed by atoms with Crippen LogP contribution in [0.4, 0.5) is 19.3 Å². The molecule has 6 N–H and O–H groups in total. The van der Waals surface area contributed by atoms with Gasteiger partial charge in [0.1, 0.15) is 11.6 Å². The van der Waals surface area contributed by atoms with Crippen molar-refractivity contribution in [2.45, 2.75) is 43.7 Å². The molecule has 204 valence electrons. The molecule has 1 aliphatic rings. The molecule has 0 aliphatic carbocycles. The average molecular weight is 546 g/mol. The predicted molar refractivity (Wildman–Crippen MR) is 146 cm³/mol. The summed E-state index contributed by atoms with van der Waals surface area (Å²) >= 11 is 0. The zero-order chi connectivity index (χ0) is 27.3. The van der Waals surface area contributed by atoms with Gasteiger partial charge in [-0.15, -0.1) is 0 Å². The minimum atomic E-state index is -2.85. The molecule has 38 heavy (non-hydrogen) atoms. The van der Waals surface area contributed by atoms with Crippen LogP contribution in [-0.4, -0.2) is 44.7 Å². The Morgan fingerprint density at radius 2 is 1.74 bits per heavy atom. The Balaban J connectivity index is 1.51. The second kappa shape index (κ2) is 12.2. The molecule has 3 aromatic rings. The Morgan fingerprint density at radius 1 is 1.03 bits per heavy atom. The minimum Gasteiger partial charge on any atom is -0.390 e. The molecular weight excluding hydrogens is 512 g/mol. The number of carbonyl (C=O) groups is 1. The number of fused-ring (bicyclic) bond motifs is 1. The Labute approximate surface area is 222 Å². The number of anilines is 1. The maximum absolute atomic E-state index is 13.8. The number of hydrogen-bond donors (Lipinski definition) is 6. The van der Waals surface area contributed by atoms with E-state index in [1.54, 1.807) is 24.3 Å². The molecule has 0 spiro atoms. The van der Waals surface area contributed by atoms with Crippen molar-refractivity contribution in [2.75, 3.05) is 17.6 Å². The average Bonchev–Trinajstić information content (AvgIpc) is 2.86. The number of aryl methyl sites for hydroxylation is 1. The van der Waals surface area contributed by atoms with Gasteiger partial charge in [0.2, 0.25) is 0 Å². The molecule has 1 heterocycles. The van der Waals surface area contributed by atoms with Crippen molar-refractivity contribution in [1.82, 2.24) is 10.6 Å². The van der Waals surface area contributed by atoms with E-state index in [1.807, 2.05) is 31.2 Å². The third-order valence-electron chi connectivity index (χ3n) is 6.58. The normalized spacial score (nSPS) is 18.6. The first-order valence-corrected chi connectivity index (χ1v) is 14.3. The van der Waals surface area contributed by atoms with Crippen LogP contribution in [0.2, 0.25) is 0 Å². The molecule has 10 heteroatoms. The van der Waals surface area contributed by atoms with Gasteiger partial charge < -0.3 is 21.1 Å². The van der Waals surface area contributed by atoms with E-state index in [4.69, 9.17) is 0 Å². The van der Waals surface area contributed by atoms with Gasteiger partial charge in [0, 0.05) is 18.3 Å². The molecule has 0 aromatic heterocycles. The zero-order valence-corrected chi connectivity index (χ0v) is 21.8. The van der Waals surface area contributed by atoms with Gasteiger partial charge in [0.15, 0.2) is 0 Å². The number of halogens is 2. The first-order chi connectivity index (χ1) is 18.1. The van der Waals surface area contributed by atoms with Crippen molar-refractivity contribution in [1.29, 1.82) is 0 Å². The highest BCUT2D eigenvalue weighted by Gasteiger charge is 2.31. The summed E-state index contributed by atoms with van der Waals surface area (Å²) in [6.07, 6.45) is -0.369. The summed E-state index contributed by atoms with van der Waals surface area (Å²) in [6, 6.07) is 15.8. The molecule has 4 rings (SSSR count). The molecular formula is C28H33F2N3O4S. The van der Waals surface area contributed by atoms with Crippen molar-refractivity contribution < 1.29 is 27.8 Å². The molecule has 3 atom stereocenters. The highest BCUT2D eigenvalue weighted by atomic mass is 32.3. The maximum atomic E-state index is 13.8. The van der Waals surface area contributed by atoms with E-state index >= 15 is 0 Å². The number of nitrogens with one attached hydrogen (secondary N) is 3. The van der Waals surface area contributed by atoms with Gasteiger partial charge in [-0.3, -0.25) is 9.11 Å². The Kier molecular flexibility index (Phi) is 9.01. The van der Waals surface area contributed by atoms with Crippen LogP contribution in [0.5, 0.6) is 0 Å². The van der Waals surface area contributed by atoms with Crippen molar-refractivity contribution >= 4 is 22.3 Å². The molecule has 0 saturated heterocycles. The van der Waals surface area contributed by atoms with Crippen LogP contribution in [0.1, 0.15) is 35.2 Å². The van der Waals surface area contributed by atoms with E-state index in [1.165, 1.54) is 0 Å². The molecule has 3 aromatic carbocycles. The van der Waals surface area contributed by atoms with Gasteiger partial charge >= 0.3 is 6.03 Å². The second-order valence-electron chi connectivity index (χ2n) is 9.58. The lowest BCUT2D eigenvalue weighted by Crippen LogP contribution is -2.50. The predicted octanol–water partition coefficient (Wildman–Crippen LogP) is 5.22. The number of aliphatic hydroxyl groups is 1. The molecule has 0 unspecified atom stereocenters. The number of aliphatic hydroxyl groups excluding tert-OH is 1. The highest BCUT2D eigenvalue weighted by molar-refractivity contribution is 8.23. The van der Waals surface area contributed by atoms with Crippen LogP contribution in [0.3, 0.4) is 0 Å². The molecule has 0 radical (unpaired) electrons. The van der Waals surface area contributed by atoms with E-state index in [2.05, 4.69) is 16.0 Å². The monoisotopic (exact) mass is 545 g/mol. The molecule has 0 saturated carbocycles. The zero-order valence-electron chi connectivity index (χ0n) is 21.0. The van der Waals surface area contributed by atoms with Gasteiger partial charge in [0.25, 0.3) is 0 Å². The second-order valence-corrected chi connectivity index (χ2v) is 11.8. The smallest absolute Gasteiger partial charge is 0.319 e. The topological polar surface area (TPSA) is 114 Å². The van der Waals surface area contributed by atoms with E-state index in [9.17, 15) is 27.8 Å². The highest BCUT2D eigenvalue weighted by Crippen LogP contribution is 2.50. The lowest BCUT2D eigenvalue weighted by Gasteiger charge is -2.42. The van der Waals surface area contributed by atoms with Crippen molar-refractivity contribution in [2.24, 2.45) is 0 Å². The number of para-hydroxylation sites is 1. The number of hydrogen-bond acceptors (Lipinski definition) is 5. The van der Waals surface area contributed by atoms with Gasteiger partial charge in [-0.05, 0) is 59.4 Å². The van der Waals surface area contributed by atoms with E-state index in [0.717, 1.165) is 41.3 Å². The fraction of sp³-hybridized carbons (Fsp3) is 0.321. The number of rotatable bonds is 9. The molecule has 1 aliphatic heterocycles. The van der Waals surface area contributed by atoms with Crippen molar-refractivity contribution in [3.63, 3.8) is 0 Å². The van der Waals surface area contributed by atoms with Crippen LogP contribution < -0.4 is 16.0 Å². The third-order valence-corrected chi connectivity index (χ3v) is 8.22. The fourth-order valence-electron chi connectivity index (χ4n) is 4.68. The molecule has 2 amide bonds. The van der Waals surface area contributed by atoms with E-state index < -0.39 is 46.4 Å². The third kappa shape index (κ3) is 7.52. The maximum Gasteiger partial charge on any atom is 0.319 e. The first-order valence-electron chi connectivity index (χ1n) is 12.5. The van der Waals surface area contributed by atoms with Crippen LogP contribution >= 0.6 is 10.6 Å². The quantitative estimate of drug-likeness (QED) is 0.221. The Morgan fingerprint density at radius 3 is 2.42 bits per heavy atom. The van der Waals surface area contributed by atoms with Crippen LogP contribution in [-0.2, 0) is 18.6 Å². The number of carbonyl (C=O) groups excluding carboxylic acids is 1. The number of benzene rings is 3. The van der Waals surface area contributed by atoms with Crippen molar-refractivity contribution in [3.05, 3.63) is 101 Å². The number of amides is 2. The van der Waals surface area contributed by atoms with Gasteiger partial charge in [-0.25, -0.2) is 13.6 Å². The lowest BCUT2D eigenvalue weighted by atomic mass is 9.97. The first kappa shape index (κ1) is 28.0. The summed E-state index contributed by atoms with van der Waals surface area (Å²) in [5.41, 5.74) is 3.72. The molecule has 0 fully saturated rings. The molecule has 0 bridgehead atoms. The summed E-state index contributed by atoms with van der Waals surface area (Å²) in [6.45, 7) is 2.03. The van der Waals surface area contributed by atoms with Gasteiger partial charge in [-0.2, -0.15) is 10.6 Å². The Bertz CT molecular complexity index is 1240.